The second-order valence-electron chi connectivity index (χ2n) is 2.86. The standard InChI is InChI=1S/C8H10N2O3S2/c1-7-2-4-8(5-3-7)15(12,13)10(6-14)9-11/h2-5,14H,6H2,1H3. The minimum Gasteiger partial charge on any atom is -0.199 e. The number of thiol groups is 1. The van der Waals surface area contributed by atoms with Gasteiger partial charge in [-0.3, -0.25) is 0 Å². The third kappa shape index (κ3) is 2.48. The molecule has 0 bridgehead atoms. The van der Waals surface area contributed by atoms with E-state index in [0.29, 0.717) is 4.41 Å². The minimum atomic E-state index is -3.84. The lowest BCUT2D eigenvalue weighted by Crippen LogP contribution is -2.24. The predicted molar refractivity (Wildman–Crippen MR) is 59.9 cm³/mol. The summed E-state index contributed by atoms with van der Waals surface area (Å²) in [7, 11) is -3.84. The summed E-state index contributed by atoms with van der Waals surface area (Å²) in [4.78, 5) is 10.3. The molecule has 0 fully saturated rings. The van der Waals surface area contributed by atoms with Gasteiger partial charge in [-0.1, -0.05) is 17.7 Å². The predicted octanol–water partition coefficient (Wildman–Crippen LogP) is 1.55. The molecule has 1 aromatic carbocycles. The van der Waals surface area contributed by atoms with E-state index < -0.39 is 10.0 Å². The molecule has 7 heteroatoms. The van der Waals surface area contributed by atoms with Gasteiger partial charge < -0.3 is 0 Å². The van der Waals surface area contributed by atoms with E-state index in [1.807, 2.05) is 6.92 Å². The zero-order valence-electron chi connectivity index (χ0n) is 7.99. The number of aryl methyl sites for hydroxylation is 1. The normalized spacial score (nSPS) is 11.1. The van der Waals surface area contributed by atoms with Gasteiger partial charge in [0, 0.05) is 0 Å². The Balaban J connectivity index is 3.16. The van der Waals surface area contributed by atoms with Crippen molar-refractivity contribution >= 4 is 22.7 Å². The van der Waals surface area contributed by atoms with E-state index in [4.69, 9.17) is 0 Å². The first-order valence-electron chi connectivity index (χ1n) is 4.06. The summed E-state index contributed by atoms with van der Waals surface area (Å²) in [5, 5.41) is 2.40. The van der Waals surface area contributed by atoms with Gasteiger partial charge in [-0.05, 0) is 19.1 Å². The molecule has 0 aliphatic carbocycles. The molecule has 1 rings (SSSR count). The zero-order chi connectivity index (χ0) is 11.5. The lowest BCUT2D eigenvalue weighted by Gasteiger charge is -2.12. The molecule has 0 atom stereocenters. The molecule has 0 aromatic heterocycles. The van der Waals surface area contributed by atoms with Crippen molar-refractivity contribution in [3.63, 3.8) is 0 Å². The molecule has 0 unspecified atom stereocenters. The first-order chi connectivity index (χ1) is 7.02. The van der Waals surface area contributed by atoms with Crippen LogP contribution in [-0.2, 0) is 10.0 Å². The fourth-order valence-electron chi connectivity index (χ4n) is 0.978. The van der Waals surface area contributed by atoms with Gasteiger partial charge >= 0.3 is 0 Å². The largest absolute Gasteiger partial charge is 0.282 e. The Bertz CT molecular complexity index is 441. The lowest BCUT2D eigenvalue weighted by molar-refractivity contribution is 0.476. The highest BCUT2D eigenvalue weighted by Gasteiger charge is 2.22. The van der Waals surface area contributed by atoms with Gasteiger partial charge in [0.2, 0.25) is 0 Å². The van der Waals surface area contributed by atoms with E-state index in [1.165, 1.54) is 12.1 Å². The third-order valence-corrected chi connectivity index (χ3v) is 3.89. The molecule has 15 heavy (non-hydrogen) atoms. The molecule has 0 heterocycles. The third-order valence-electron chi connectivity index (χ3n) is 1.81. The minimum absolute atomic E-state index is 0.0294. The van der Waals surface area contributed by atoms with Gasteiger partial charge in [0.25, 0.3) is 10.0 Å². The van der Waals surface area contributed by atoms with Gasteiger partial charge in [-0.15, -0.1) is 9.32 Å². The molecule has 0 aliphatic heterocycles. The second-order valence-corrected chi connectivity index (χ2v) is 4.99. The molecule has 0 amide bonds. The van der Waals surface area contributed by atoms with E-state index in [9.17, 15) is 13.3 Å². The van der Waals surface area contributed by atoms with Crippen LogP contribution in [0.15, 0.2) is 34.4 Å². The maximum absolute atomic E-state index is 11.7. The maximum Gasteiger partial charge on any atom is 0.282 e. The topological polar surface area (TPSA) is 66.8 Å². The van der Waals surface area contributed by atoms with Crippen molar-refractivity contribution < 1.29 is 8.42 Å². The SMILES string of the molecule is Cc1ccc(S(=O)(=O)N(CS)N=O)cc1. The van der Waals surface area contributed by atoms with E-state index >= 15 is 0 Å². The molecule has 0 saturated heterocycles. The summed E-state index contributed by atoms with van der Waals surface area (Å²) >= 11 is 3.71. The summed E-state index contributed by atoms with van der Waals surface area (Å²) in [6.45, 7) is 1.84. The lowest BCUT2D eigenvalue weighted by atomic mass is 10.2. The highest BCUT2D eigenvalue weighted by molar-refractivity contribution is 7.90. The number of rotatable bonds is 4. The average Bonchev–Trinajstić information content (AvgIpc) is 2.19. The quantitative estimate of drug-likeness (QED) is 0.379. The van der Waals surface area contributed by atoms with Crippen LogP contribution in [0.2, 0.25) is 0 Å². The zero-order valence-corrected chi connectivity index (χ0v) is 9.70. The molecule has 0 aliphatic rings. The van der Waals surface area contributed by atoms with Crippen LogP contribution in [-0.4, -0.2) is 18.7 Å². The summed E-state index contributed by atoms with van der Waals surface area (Å²) in [5.41, 5.74) is 0.936. The fraction of sp³-hybridized carbons (Fsp3) is 0.250. The van der Waals surface area contributed by atoms with Crippen molar-refractivity contribution in [3.05, 3.63) is 34.7 Å². The van der Waals surface area contributed by atoms with Gasteiger partial charge in [0.05, 0.1) is 16.1 Å². The molecular formula is C8H10N2O3S2. The van der Waals surface area contributed by atoms with Crippen molar-refractivity contribution in [2.45, 2.75) is 11.8 Å². The molecular weight excluding hydrogens is 236 g/mol. The molecule has 0 N–H and O–H groups in total. The summed E-state index contributed by atoms with van der Waals surface area (Å²) in [5.74, 6) is -0.278. The van der Waals surface area contributed by atoms with Crippen LogP contribution < -0.4 is 0 Å². The molecule has 0 spiro atoms. The van der Waals surface area contributed by atoms with Gasteiger partial charge in [0.1, 0.15) is 0 Å². The van der Waals surface area contributed by atoms with Gasteiger partial charge in [-0.25, -0.2) is 0 Å². The Morgan fingerprint density at radius 3 is 2.27 bits per heavy atom. The summed E-state index contributed by atoms with van der Waals surface area (Å²) in [6, 6.07) is 6.14. The summed E-state index contributed by atoms with van der Waals surface area (Å²) in [6.07, 6.45) is 0. The number of nitrogens with zero attached hydrogens (tertiary/aromatic N) is 2. The Morgan fingerprint density at radius 2 is 1.87 bits per heavy atom. The molecule has 5 nitrogen and oxygen atoms in total. The smallest absolute Gasteiger partial charge is 0.199 e. The van der Waals surface area contributed by atoms with Crippen LogP contribution in [0.4, 0.5) is 0 Å². The van der Waals surface area contributed by atoms with Gasteiger partial charge in [-0.2, -0.15) is 21.0 Å². The van der Waals surface area contributed by atoms with E-state index in [-0.39, 0.29) is 10.8 Å². The first-order valence-corrected chi connectivity index (χ1v) is 6.13. The van der Waals surface area contributed by atoms with E-state index in [0.717, 1.165) is 5.56 Å². The first kappa shape index (κ1) is 12.0. The monoisotopic (exact) mass is 246 g/mol. The van der Waals surface area contributed by atoms with Crippen molar-refractivity contribution in [1.82, 2.24) is 4.41 Å². The van der Waals surface area contributed by atoms with Crippen LogP contribution in [0.5, 0.6) is 0 Å². The van der Waals surface area contributed by atoms with Crippen molar-refractivity contribution in [3.8, 4) is 0 Å². The van der Waals surface area contributed by atoms with E-state index in [1.54, 1.807) is 12.1 Å². The molecule has 82 valence electrons. The Hall–Kier alpha value is -1.08. The molecule has 1 aromatic rings. The fourth-order valence-corrected chi connectivity index (χ4v) is 2.45. The second kappa shape index (κ2) is 4.63. The number of nitroso groups, excluding NO2 is 1. The van der Waals surface area contributed by atoms with Crippen LogP contribution in [0.25, 0.3) is 0 Å². The molecule has 0 radical (unpaired) electrons. The van der Waals surface area contributed by atoms with Crippen LogP contribution in [0.3, 0.4) is 0 Å². The number of sulfonamides is 1. The number of benzene rings is 1. The maximum atomic E-state index is 11.7. The van der Waals surface area contributed by atoms with Crippen molar-refractivity contribution in [1.29, 1.82) is 0 Å². The average molecular weight is 246 g/mol. The van der Waals surface area contributed by atoms with Crippen molar-refractivity contribution in [2.24, 2.45) is 5.29 Å². The van der Waals surface area contributed by atoms with Crippen LogP contribution in [0, 0.1) is 11.8 Å². The van der Waals surface area contributed by atoms with Gasteiger partial charge in [0.15, 0.2) is 0 Å². The highest BCUT2D eigenvalue weighted by atomic mass is 32.2. The van der Waals surface area contributed by atoms with Crippen LogP contribution in [0.1, 0.15) is 5.56 Å². The van der Waals surface area contributed by atoms with Crippen LogP contribution >= 0.6 is 12.6 Å². The Morgan fingerprint density at radius 1 is 1.33 bits per heavy atom. The molecule has 0 saturated carbocycles. The Kier molecular flexibility index (Phi) is 3.70. The number of hydrogen-bond acceptors (Lipinski definition) is 5. The van der Waals surface area contributed by atoms with Crippen molar-refractivity contribution in [2.75, 3.05) is 5.88 Å². The van der Waals surface area contributed by atoms with E-state index in [2.05, 4.69) is 17.9 Å². The summed E-state index contributed by atoms with van der Waals surface area (Å²) < 4.78 is 23.8. The Labute approximate surface area is 93.5 Å². The number of hydrogen-bond donors (Lipinski definition) is 1. The highest BCUT2D eigenvalue weighted by Crippen LogP contribution is 2.16.